The van der Waals surface area contributed by atoms with Crippen molar-refractivity contribution in [3.8, 4) is 0 Å². The summed E-state index contributed by atoms with van der Waals surface area (Å²) in [6.07, 6.45) is 8.84. The van der Waals surface area contributed by atoms with Crippen molar-refractivity contribution in [3.63, 3.8) is 0 Å². The molecule has 0 radical (unpaired) electrons. The van der Waals surface area contributed by atoms with Crippen molar-refractivity contribution >= 4 is 0 Å². The maximum Gasteiger partial charge on any atom is 0.0962 e. The quantitative estimate of drug-likeness (QED) is 0.748. The van der Waals surface area contributed by atoms with E-state index in [1.54, 1.807) is 0 Å². The molecule has 0 aromatic carbocycles. The van der Waals surface area contributed by atoms with Gasteiger partial charge in [-0.3, -0.25) is 4.68 Å². The van der Waals surface area contributed by atoms with Crippen molar-refractivity contribution in [1.29, 1.82) is 0 Å². The van der Waals surface area contributed by atoms with Crippen LogP contribution in [0.2, 0.25) is 0 Å². The zero-order valence-corrected chi connectivity index (χ0v) is 11.4. The highest BCUT2D eigenvalue weighted by atomic mass is 15.4. The van der Waals surface area contributed by atoms with Gasteiger partial charge in [-0.05, 0) is 18.3 Å². The Hall–Kier alpha value is -0.940. The fourth-order valence-electron chi connectivity index (χ4n) is 2.71. The molecule has 5 nitrogen and oxygen atoms in total. The number of hydrogen-bond acceptors (Lipinski definition) is 4. The first-order chi connectivity index (χ1) is 8.72. The highest BCUT2D eigenvalue weighted by Gasteiger charge is 2.25. The molecular formula is C13H25N5. The van der Waals surface area contributed by atoms with Gasteiger partial charge in [0.1, 0.15) is 0 Å². The van der Waals surface area contributed by atoms with Crippen LogP contribution >= 0.6 is 0 Å². The van der Waals surface area contributed by atoms with E-state index in [-0.39, 0.29) is 0 Å². The average molecular weight is 251 g/mol. The molecule has 1 aliphatic carbocycles. The minimum absolute atomic E-state index is 0.464. The summed E-state index contributed by atoms with van der Waals surface area (Å²) in [5.41, 5.74) is 6.86. The Balaban J connectivity index is 1.66. The Morgan fingerprint density at radius 2 is 2.17 bits per heavy atom. The summed E-state index contributed by atoms with van der Waals surface area (Å²) in [4.78, 5) is 0. The largest absolute Gasteiger partial charge is 0.325 e. The Bertz CT molecular complexity index is 354. The molecule has 1 aromatic heterocycles. The molecule has 1 heterocycles. The summed E-state index contributed by atoms with van der Waals surface area (Å²) in [5, 5.41) is 11.6. The van der Waals surface area contributed by atoms with Gasteiger partial charge in [0, 0.05) is 25.8 Å². The summed E-state index contributed by atoms with van der Waals surface area (Å²) in [7, 11) is 0. The summed E-state index contributed by atoms with van der Waals surface area (Å²) in [6, 6.07) is 0. The molecule has 102 valence electrons. The van der Waals surface area contributed by atoms with Gasteiger partial charge in [-0.25, -0.2) is 0 Å². The van der Waals surface area contributed by atoms with Crippen LogP contribution in [-0.4, -0.2) is 28.1 Å². The third-order valence-electron chi connectivity index (χ3n) is 3.93. The van der Waals surface area contributed by atoms with Gasteiger partial charge in [-0.1, -0.05) is 31.4 Å². The number of nitrogens with two attached hydrogens (primary N) is 1. The fourth-order valence-corrected chi connectivity index (χ4v) is 2.71. The second-order valence-corrected chi connectivity index (χ2v) is 5.73. The number of nitrogens with zero attached hydrogens (tertiary/aromatic N) is 3. The van der Waals surface area contributed by atoms with Crippen molar-refractivity contribution in [2.24, 2.45) is 11.1 Å². The minimum Gasteiger partial charge on any atom is -0.325 e. The molecule has 0 unspecified atom stereocenters. The summed E-state index contributed by atoms with van der Waals surface area (Å²) < 4.78 is 1.86. The fraction of sp³-hybridized carbons (Fsp3) is 0.846. The van der Waals surface area contributed by atoms with E-state index in [0.29, 0.717) is 12.0 Å². The van der Waals surface area contributed by atoms with E-state index in [1.807, 2.05) is 10.9 Å². The number of hydrogen-bond donors (Lipinski definition) is 2. The molecule has 1 saturated carbocycles. The maximum absolute atomic E-state index is 5.50. The lowest BCUT2D eigenvalue weighted by molar-refractivity contribution is 0.207. The normalized spacial score (nSPS) is 19.0. The van der Waals surface area contributed by atoms with Crippen LogP contribution in [0.1, 0.15) is 44.7 Å². The highest BCUT2D eigenvalue weighted by Crippen LogP contribution is 2.34. The molecule has 0 amide bonds. The van der Waals surface area contributed by atoms with Crippen LogP contribution in [0.5, 0.6) is 0 Å². The van der Waals surface area contributed by atoms with Gasteiger partial charge in [-0.15, -0.1) is 5.10 Å². The maximum atomic E-state index is 5.50. The second kappa shape index (κ2) is 6.29. The monoisotopic (exact) mass is 251 g/mol. The van der Waals surface area contributed by atoms with Crippen molar-refractivity contribution < 1.29 is 0 Å². The van der Waals surface area contributed by atoms with E-state index in [1.165, 1.54) is 32.1 Å². The highest BCUT2D eigenvalue weighted by molar-refractivity contribution is 4.90. The molecule has 0 spiro atoms. The van der Waals surface area contributed by atoms with Crippen LogP contribution in [0.15, 0.2) is 6.20 Å². The molecule has 1 aromatic rings. The second-order valence-electron chi connectivity index (χ2n) is 5.73. The topological polar surface area (TPSA) is 68.8 Å². The van der Waals surface area contributed by atoms with Crippen LogP contribution < -0.4 is 11.1 Å². The van der Waals surface area contributed by atoms with Crippen LogP contribution in [0.3, 0.4) is 0 Å². The van der Waals surface area contributed by atoms with Crippen molar-refractivity contribution in [2.75, 3.05) is 13.1 Å². The Kier molecular flexibility index (Phi) is 4.72. The number of nitrogens with one attached hydrogen (secondary N) is 1. The molecule has 5 heteroatoms. The average Bonchev–Trinajstić information content (AvgIpc) is 2.84. The first-order valence-corrected chi connectivity index (χ1v) is 7.02. The van der Waals surface area contributed by atoms with Crippen LogP contribution in [0.25, 0.3) is 0 Å². The molecule has 0 bridgehead atoms. The van der Waals surface area contributed by atoms with Gasteiger partial charge in [0.2, 0.25) is 0 Å². The molecule has 2 rings (SSSR count). The third kappa shape index (κ3) is 3.78. The van der Waals surface area contributed by atoms with Crippen molar-refractivity contribution in [1.82, 2.24) is 20.3 Å². The van der Waals surface area contributed by atoms with Crippen LogP contribution in [0.4, 0.5) is 0 Å². The predicted octanol–water partition coefficient (Wildman–Crippen LogP) is 1.30. The third-order valence-corrected chi connectivity index (χ3v) is 3.93. The first kappa shape index (κ1) is 13.5. The van der Waals surface area contributed by atoms with Gasteiger partial charge in [-0.2, -0.15) is 0 Å². The van der Waals surface area contributed by atoms with Gasteiger partial charge in [0.25, 0.3) is 0 Å². The van der Waals surface area contributed by atoms with Gasteiger partial charge in [0.15, 0.2) is 0 Å². The lowest BCUT2D eigenvalue weighted by atomic mass is 9.76. The van der Waals surface area contributed by atoms with E-state index >= 15 is 0 Å². The molecule has 0 atom stereocenters. The molecule has 18 heavy (non-hydrogen) atoms. The first-order valence-electron chi connectivity index (χ1n) is 7.02. The van der Waals surface area contributed by atoms with Crippen LogP contribution in [-0.2, 0) is 13.1 Å². The van der Waals surface area contributed by atoms with Crippen molar-refractivity contribution in [2.45, 2.75) is 52.1 Å². The Labute approximate surface area is 109 Å². The van der Waals surface area contributed by atoms with E-state index in [0.717, 1.165) is 25.3 Å². The Morgan fingerprint density at radius 3 is 2.83 bits per heavy atom. The standard InChI is InChI=1S/C13H25N5/c1-13(5-3-2-4-6-13)11-15-7-8-18-10-12(9-14)16-17-18/h10,15H,2-9,11,14H2,1H3. The zero-order valence-electron chi connectivity index (χ0n) is 11.4. The molecule has 1 aliphatic rings. The van der Waals surface area contributed by atoms with E-state index in [9.17, 15) is 0 Å². The van der Waals surface area contributed by atoms with E-state index in [4.69, 9.17) is 5.73 Å². The number of rotatable bonds is 6. The van der Waals surface area contributed by atoms with Gasteiger partial charge < -0.3 is 11.1 Å². The Morgan fingerprint density at radius 1 is 1.39 bits per heavy atom. The smallest absolute Gasteiger partial charge is 0.0962 e. The lowest BCUT2D eigenvalue weighted by Gasteiger charge is -2.33. The minimum atomic E-state index is 0.464. The molecule has 0 aliphatic heterocycles. The molecular weight excluding hydrogens is 226 g/mol. The molecule has 0 saturated heterocycles. The zero-order chi connectivity index (χ0) is 12.8. The molecule has 3 N–H and O–H groups in total. The summed E-state index contributed by atoms with van der Waals surface area (Å²) >= 11 is 0. The van der Waals surface area contributed by atoms with Crippen LogP contribution in [0, 0.1) is 5.41 Å². The van der Waals surface area contributed by atoms with E-state index in [2.05, 4.69) is 22.6 Å². The van der Waals surface area contributed by atoms with E-state index < -0.39 is 0 Å². The van der Waals surface area contributed by atoms with Crippen molar-refractivity contribution in [3.05, 3.63) is 11.9 Å². The summed E-state index contributed by atoms with van der Waals surface area (Å²) in [5.74, 6) is 0. The lowest BCUT2D eigenvalue weighted by Crippen LogP contribution is -2.35. The number of aromatic nitrogens is 3. The summed E-state index contributed by atoms with van der Waals surface area (Å²) in [6.45, 7) is 5.80. The SMILES string of the molecule is CC1(CNCCn2cc(CN)nn2)CCCCC1. The molecule has 1 fully saturated rings. The predicted molar refractivity (Wildman–Crippen MR) is 72.0 cm³/mol. The van der Waals surface area contributed by atoms with Gasteiger partial charge >= 0.3 is 0 Å². The van der Waals surface area contributed by atoms with Gasteiger partial charge in [0.05, 0.1) is 12.2 Å².